The summed E-state index contributed by atoms with van der Waals surface area (Å²) >= 11 is 7.91. The molecule has 646 valence electrons. The maximum atomic E-state index is 13.6. The van der Waals surface area contributed by atoms with E-state index >= 15 is 0 Å². The van der Waals surface area contributed by atoms with Crippen LogP contribution in [0.1, 0.15) is 137 Å². The van der Waals surface area contributed by atoms with Crippen molar-refractivity contribution >= 4 is 116 Å². The van der Waals surface area contributed by atoms with Crippen molar-refractivity contribution in [2.75, 3.05) is 145 Å². The molecule has 2 aromatic carbocycles. The number of halogens is 1. The first-order valence-electron chi connectivity index (χ1n) is 39.2. The fourth-order valence-electron chi connectivity index (χ4n) is 12.3. The van der Waals surface area contributed by atoms with E-state index in [1.807, 2.05) is 35.8 Å². The number of amides is 10. The summed E-state index contributed by atoms with van der Waals surface area (Å²) in [4.78, 5) is 148. The molecule has 7 aromatic heterocycles. The molecule has 1 atom stereocenters. The number of fused-ring (bicyclic) bond motifs is 3. The fourth-order valence-corrected chi connectivity index (χ4v) is 13.6. The average molecular weight is 1710 g/mol. The Balaban J connectivity index is 0.471. The van der Waals surface area contributed by atoms with Crippen LogP contribution in [0.2, 0.25) is 5.02 Å². The van der Waals surface area contributed by atoms with Gasteiger partial charge in [0.2, 0.25) is 41.2 Å². The van der Waals surface area contributed by atoms with Gasteiger partial charge in [0.05, 0.1) is 89.6 Å². The van der Waals surface area contributed by atoms with E-state index in [1.165, 1.54) is 55.2 Å². The molecule has 0 spiro atoms. The molecular formula is C80H101ClN22O17S. The number of aryl methyl sites for hydroxylation is 7. The van der Waals surface area contributed by atoms with Gasteiger partial charge >= 0.3 is 0 Å². The lowest BCUT2D eigenvalue weighted by Gasteiger charge is -2.13. The first kappa shape index (κ1) is 91.0. The number of carbonyl (C=O) groups excluding carboxylic acids is 10. The SMILES string of the molecule is Cc1sc2c(c1C)C(c1ccc(Cl)cc1)=N[C@@H](CC(=O)Nc1ccc(OCCOCCOCCOCCOCCOCCC(=O)NCCCOCCCNC(=O)CCNC(=O)c3nc(NC(=O)CCNC(=O)c4cc(NC(=O)c5nc(NC(=O)CCNC(=O)c6cc(NC(=O)c7nccn7C)cn6C)cn5C)cn4C)cn3C)cc1)c1nnc(C)n1-2. The normalized spacial score (nSPS) is 12.2. The predicted molar refractivity (Wildman–Crippen MR) is 448 cm³/mol. The largest absolute Gasteiger partial charge is 0.491 e. The summed E-state index contributed by atoms with van der Waals surface area (Å²) in [6.45, 7) is 11.6. The molecule has 1 aliphatic heterocycles. The van der Waals surface area contributed by atoms with Crippen molar-refractivity contribution < 1.29 is 81.1 Å². The number of hydrogen-bond acceptors (Lipinski definition) is 24. The van der Waals surface area contributed by atoms with Gasteiger partial charge in [0.25, 0.3) is 29.5 Å². The molecule has 1 aliphatic rings. The van der Waals surface area contributed by atoms with Crippen molar-refractivity contribution in [3.63, 3.8) is 0 Å². The summed E-state index contributed by atoms with van der Waals surface area (Å²) in [7, 11) is 8.03. The van der Waals surface area contributed by atoms with Gasteiger partial charge in [-0.25, -0.2) is 15.0 Å². The van der Waals surface area contributed by atoms with Crippen LogP contribution in [0.3, 0.4) is 0 Å². The topological polar surface area (TPSA) is 462 Å². The lowest BCUT2D eigenvalue weighted by molar-refractivity contribution is -0.122. The standard InChI is InChI=1S/C80H101ClN22O17S/c1-50-51(2)121-80-69(50)70(53-11-13-54(81)14-12-53)91-59(71-97-96-52(3)103(71)80)45-68(108)88-55-15-17-58(18-16-55)120-42-41-119-40-39-118-38-37-117-36-35-116-34-33-115-32-22-65(105)83-24-10-31-114-30-9-23-82-64(104)19-25-87-77(111)73-94-62(48-101(73)7)92-66(106)20-26-86-76(110)61-44-57(47-100(61)6)90-79(113)74-95-63(49-102(74)8)93-67(107)21-27-85-75(109)60-43-56(46-99(60)5)89-78(112)72-84-28-29-98(72)4/h11-18,28-29,43-44,46-49,59H,9-10,19-27,30-42,45H2,1-8H3,(H,82,104)(H,83,105)(H,85,109)(H,86,110)(H,87,111)(H,88,108)(H,89,112)(H,90,113)(H,92,106)(H,93,107)/t59-/m0/s1. The van der Waals surface area contributed by atoms with Crippen molar-refractivity contribution in [2.24, 2.45) is 40.2 Å². The van der Waals surface area contributed by atoms with Gasteiger partial charge in [0, 0.05) is 171 Å². The van der Waals surface area contributed by atoms with Gasteiger partial charge in [-0.15, -0.1) is 21.5 Å². The summed E-state index contributed by atoms with van der Waals surface area (Å²) in [6.07, 6.45) is 10.2. The molecule has 0 bridgehead atoms. The second kappa shape index (κ2) is 45.7. The Labute approximate surface area is 706 Å². The van der Waals surface area contributed by atoms with Gasteiger partial charge in [0.15, 0.2) is 23.3 Å². The highest BCUT2D eigenvalue weighted by molar-refractivity contribution is 7.15. The van der Waals surface area contributed by atoms with Gasteiger partial charge in [-0.05, 0) is 87.7 Å². The van der Waals surface area contributed by atoms with Crippen LogP contribution < -0.4 is 57.9 Å². The third-order valence-corrected chi connectivity index (χ3v) is 20.0. The van der Waals surface area contributed by atoms with Crippen LogP contribution in [0.25, 0.3) is 5.00 Å². The smallest absolute Gasteiger partial charge is 0.291 e. The van der Waals surface area contributed by atoms with E-state index in [4.69, 9.17) is 49.8 Å². The molecule has 0 unspecified atom stereocenters. The van der Waals surface area contributed by atoms with E-state index in [0.29, 0.717) is 139 Å². The molecule has 10 N–H and O–H groups in total. The summed E-state index contributed by atoms with van der Waals surface area (Å²) in [5.41, 5.74) is 5.44. The van der Waals surface area contributed by atoms with Gasteiger partial charge in [-0.3, -0.25) is 57.5 Å². The first-order chi connectivity index (χ1) is 58.3. The number of rotatable bonds is 49. The molecule has 0 radical (unpaired) electrons. The molecule has 121 heavy (non-hydrogen) atoms. The Hall–Kier alpha value is -12.3. The van der Waals surface area contributed by atoms with Crippen LogP contribution >= 0.6 is 22.9 Å². The highest BCUT2D eigenvalue weighted by atomic mass is 35.5. The predicted octanol–water partition coefficient (Wildman–Crippen LogP) is 5.43. The van der Waals surface area contributed by atoms with Gasteiger partial charge in [0.1, 0.15) is 40.6 Å². The van der Waals surface area contributed by atoms with Crippen LogP contribution in [-0.4, -0.2) is 236 Å². The average Bonchev–Trinajstić information content (AvgIpc) is 1.59. The minimum Gasteiger partial charge on any atom is -0.491 e. The molecule has 41 heteroatoms. The van der Waals surface area contributed by atoms with E-state index < -0.39 is 47.4 Å². The molecule has 0 saturated carbocycles. The minimum absolute atomic E-state index is 0.00471. The molecule has 0 fully saturated rings. The van der Waals surface area contributed by atoms with Crippen LogP contribution in [0.5, 0.6) is 5.75 Å². The van der Waals surface area contributed by atoms with Crippen molar-refractivity contribution in [2.45, 2.75) is 71.8 Å². The summed E-state index contributed by atoms with van der Waals surface area (Å²) in [5, 5.41) is 37.7. The number of carbonyl (C=O) groups is 10. The zero-order chi connectivity index (χ0) is 86.3. The highest BCUT2D eigenvalue weighted by Crippen LogP contribution is 2.40. The van der Waals surface area contributed by atoms with Crippen LogP contribution in [0, 0.1) is 20.8 Å². The number of benzene rings is 2. The number of nitrogens with zero attached hydrogens (tertiary/aromatic N) is 12. The monoisotopic (exact) mass is 1710 g/mol. The lowest BCUT2D eigenvalue weighted by atomic mass is 9.99. The van der Waals surface area contributed by atoms with Crippen molar-refractivity contribution in [3.8, 4) is 10.8 Å². The van der Waals surface area contributed by atoms with Gasteiger partial charge in [-0.1, -0.05) is 23.7 Å². The van der Waals surface area contributed by atoms with E-state index in [2.05, 4.69) is 92.2 Å². The van der Waals surface area contributed by atoms with Crippen LogP contribution in [0.15, 0.2) is 103 Å². The fraction of sp³-hybridized carbons (Fsp3) is 0.425. The Bertz CT molecular complexity index is 5100. The van der Waals surface area contributed by atoms with Crippen molar-refractivity contribution in [3.05, 3.63) is 165 Å². The Morgan fingerprint density at radius 1 is 0.455 bits per heavy atom. The molecule has 39 nitrogen and oxygen atoms in total. The number of anilines is 5. The van der Waals surface area contributed by atoms with Crippen LogP contribution in [0.4, 0.5) is 28.7 Å². The third-order valence-electron chi connectivity index (χ3n) is 18.5. The second-order valence-electron chi connectivity index (χ2n) is 27.8. The Morgan fingerprint density at radius 3 is 1.48 bits per heavy atom. The quantitative estimate of drug-likeness (QED) is 0.0212. The van der Waals surface area contributed by atoms with E-state index in [0.717, 1.165) is 32.3 Å². The summed E-state index contributed by atoms with van der Waals surface area (Å²) < 4.78 is 48.8. The lowest BCUT2D eigenvalue weighted by Crippen LogP contribution is -2.32. The number of ether oxygens (including phenoxy) is 7. The number of aliphatic imine (C=N–C) groups is 1. The second-order valence-corrected chi connectivity index (χ2v) is 29.5. The summed E-state index contributed by atoms with van der Waals surface area (Å²) in [5.74, 6) is -2.06. The number of thiophene rings is 1. The number of hydrogen-bond donors (Lipinski definition) is 10. The zero-order valence-electron chi connectivity index (χ0n) is 68.6. The maximum Gasteiger partial charge on any atom is 0.291 e. The molecule has 0 aliphatic carbocycles. The van der Waals surface area contributed by atoms with Crippen molar-refractivity contribution in [1.29, 1.82) is 0 Å². The number of nitrogens with one attached hydrogen (secondary N) is 10. The molecule has 10 rings (SSSR count). The van der Waals surface area contributed by atoms with Gasteiger partial charge < -0.3 is 109 Å². The molecule has 8 heterocycles. The van der Waals surface area contributed by atoms with E-state index in [9.17, 15) is 47.9 Å². The number of imidazole rings is 3. The minimum atomic E-state index is -0.642. The molecule has 10 amide bonds. The van der Waals surface area contributed by atoms with Crippen LogP contribution in [-0.2, 0) is 87.6 Å². The highest BCUT2D eigenvalue weighted by Gasteiger charge is 2.33. The van der Waals surface area contributed by atoms with E-state index in [-0.39, 0.29) is 122 Å². The zero-order valence-corrected chi connectivity index (χ0v) is 70.2. The summed E-state index contributed by atoms with van der Waals surface area (Å²) in [6, 6.07) is 17.0. The van der Waals surface area contributed by atoms with Gasteiger partial charge in [-0.2, -0.15) is 0 Å². The Morgan fingerprint density at radius 2 is 0.942 bits per heavy atom. The Kier molecular flexibility index (Phi) is 34.4. The molecule has 0 saturated heterocycles. The first-order valence-corrected chi connectivity index (χ1v) is 40.4. The third kappa shape index (κ3) is 27.4. The van der Waals surface area contributed by atoms with E-state index in [1.54, 1.807) is 87.8 Å². The maximum absolute atomic E-state index is 13.6. The molecular weight excluding hydrogens is 1610 g/mol. The van der Waals surface area contributed by atoms with Crippen molar-refractivity contribution in [1.82, 2.24) is 79.1 Å². The number of aromatic nitrogens is 11. The molecule has 9 aromatic rings.